The summed E-state index contributed by atoms with van der Waals surface area (Å²) in [5, 5.41) is 23.2. The summed E-state index contributed by atoms with van der Waals surface area (Å²) < 4.78 is 0. The molecule has 2 atom stereocenters. The molecular weight excluding hydrogens is 759 g/mol. The molecular formula is C58H115NO3. The molecule has 0 spiro atoms. The summed E-state index contributed by atoms with van der Waals surface area (Å²) >= 11 is 0. The largest absolute Gasteiger partial charge is 0.394 e. The summed E-state index contributed by atoms with van der Waals surface area (Å²) in [5.41, 5.74) is 0. The van der Waals surface area contributed by atoms with Gasteiger partial charge in [0, 0.05) is 6.42 Å². The van der Waals surface area contributed by atoms with Crippen molar-refractivity contribution in [3.63, 3.8) is 0 Å². The number of nitrogens with one attached hydrogen (secondary N) is 1. The molecule has 0 aliphatic carbocycles. The molecule has 0 saturated heterocycles. The first-order valence-corrected chi connectivity index (χ1v) is 28.9. The zero-order chi connectivity index (χ0) is 44.9. The summed E-state index contributed by atoms with van der Waals surface area (Å²) in [6.07, 6.45) is 71.0. The highest BCUT2D eigenvalue weighted by atomic mass is 16.3. The molecule has 0 radical (unpaired) electrons. The number of unbranched alkanes of at least 4 members (excludes halogenated alkanes) is 47. The van der Waals surface area contributed by atoms with E-state index in [9.17, 15) is 15.0 Å². The molecule has 0 aromatic rings. The van der Waals surface area contributed by atoms with Crippen molar-refractivity contribution in [1.82, 2.24) is 5.32 Å². The third kappa shape index (κ3) is 50.1. The average Bonchev–Trinajstić information content (AvgIpc) is 3.28. The fourth-order valence-corrected chi connectivity index (χ4v) is 9.36. The second kappa shape index (κ2) is 54.5. The third-order valence-corrected chi connectivity index (χ3v) is 13.8. The van der Waals surface area contributed by atoms with Gasteiger partial charge >= 0.3 is 0 Å². The first-order valence-electron chi connectivity index (χ1n) is 28.9. The van der Waals surface area contributed by atoms with Crippen molar-refractivity contribution in [2.75, 3.05) is 6.61 Å². The van der Waals surface area contributed by atoms with Crippen LogP contribution < -0.4 is 5.32 Å². The molecule has 4 nitrogen and oxygen atoms in total. The van der Waals surface area contributed by atoms with E-state index in [1.165, 1.54) is 289 Å². The SMILES string of the molecule is CCCCCCCCCCCCCCCCCCCC/C=C/C(O)C(CO)NC(=O)CCCCCCCCCCCCCCCCCCCCCCCCCCCCCCCC. The molecule has 0 saturated carbocycles. The minimum Gasteiger partial charge on any atom is -0.394 e. The number of aliphatic hydroxyl groups excluding tert-OH is 2. The Morgan fingerprint density at radius 1 is 0.371 bits per heavy atom. The second-order valence-electron chi connectivity index (χ2n) is 20.1. The first-order chi connectivity index (χ1) is 30.7. The Kier molecular flexibility index (Phi) is 53.7. The lowest BCUT2D eigenvalue weighted by Crippen LogP contribution is -2.45. The van der Waals surface area contributed by atoms with Crippen LogP contribution in [0.25, 0.3) is 0 Å². The number of hydrogen-bond donors (Lipinski definition) is 3. The molecule has 0 bridgehead atoms. The molecule has 62 heavy (non-hydrogen) atoms. The van der Waals surface area contributed by atoms with E-state index < -0.39 is 12.1 Å². The van der Waals surface area contributed by atoms with Crippen molar-refractivity contribution in [2.45, 2.75) is 347 Å². The third-order valence-electron chi connectivity index (χ3n) is 13.8. The number of hydrogen-bond acceptors (Lipinski definition) is 3. The van der Waals surface area contributed by atoms with Crippen LogP contribution in [-0.2, 0) is 4.79 Å². The molecule has 3 N–H and O–H groups in total. The Morgan fingerprint density at radius 3 is 0.839 bits per heavy atom. The number of carbonyl (C=O) groups excluding carboxylic acids is 1. The van der Waals surface area contributed by atoms with Crippen LogP contribution in [0.15, 0.2) is 12.2 Å². The van der Waals surface area contributed by atoms with E-state index in [2.05, 4.69) is 19.2 Å². The standard InChI is InChI=1S/C58H115NO3/c1-3-5-7-9-11-13-15-17-19-21-23-25-26-27-28-29-30-31-32-33-34-36-38-40-42-44-46-48-50-52-54-58(62)59-56(55-60)57(61)53-51-49-47-45-43-41-39-37-35-24-22-20-18-16-14-12-10-8-6-4-2/h51,53,56-57,60-61H,3-50,52,54-55H2,1-2H3,(H,59,62)/b53-51+. The predicted molar refractivity (Wildman–Crippen MR) is 276 cm³/mol. The van der Waals surface area contributed by atoms with Crippen molar-refractivity contribution in [1.29, 1.82) is 0 Å². The van der Waals surface area contributed by atoms with Crippen molar-refractivity contribution < 1.29 is 15.0 Å². The maximum absolute atomic E-state index is 12.5. The molecule has 2 unspecified atom stereocenters. The molecule has 0 aliphatic heterocycles. The minimum atomic E-state index is -0.835. The summed E-state index contributed by atoms with van der Waals surface area (Å²) in [5.74, 6) is -0.0554. The van der Waals surface area contributed by atoms with Gasteiger partial charge in [-0.1, -0.05) is 321 Å². The highest BCUT2D eigenvalue weighted by Crippen LogP contribution is 2.18. The lowest BCUT2D eigenvalue weighted by Gasteiger charge is -2.20. The van der Waals surface area contributed by atoms with Gasteiger partial charge in [-0.2, -0.15) is 0 Å². The molecule has 0 aromatic carbocycles. The van der Waals surface area contributed by atoms with Gasteiger partial charge in [-0.05, 0) is 19.3 Å². The fraction of sp³-hybridized carbons (Fsp3) is 0.948. The van der Waals surface area contributed by atoms with Crippen LogP contribution >= 0.6 is 0 Å². The van der Waals surface area contributed by atoms with Crippen LogP contribution in [0.3, 0.4) is 0 Å². The predicted octanol–water partition coefficient (Wildman–Crippen LogP) is 18.9. The van der Waals surface area contributed by atoms with Gasteiger partial charge in [0.05, 0.1) is 18.8 Å². The van der Waals surface area contributed by atoms with Crippen molar-refractivity contribution in [3.8, 4) is 0 Å². The normalized spacial score (nSPS) is 12.8. The summed E-state index contributed by atoms with van der Waals surface area (Å²) in [6.45, 7) is 4.35. The lowest BCUT2D eigenvalue weighted by atomic mass is 10.0. The van der Waals surface area contributed by atoms with Crippen LogP contribution in [0.5, 0.6) is 0 Å². The van der Waals surface area contributed by atoms with Crippen LogP contribution in [0.4, 0.5) is 0 Å². The van der Waals surface area contributed by atoms with E-state index in [4.69, 9.17) is 0 Å². The fourth-order valence-electron chi connectivity index (χ4n) is 9.36. The minimum absolute atomic E-state index is 0.0554. The Balaban J connectivity index is 3.42. The average molecular weight is 875 g/mol. The van der Waals surface area contributed by atoms with E-state index in [1.54, 1.807) is 6.08 Å². The first kappa shape index (κ1) is 61.1. The van der Waals surface area contributed by atoms with Gasteiger partial charge in [0.15, 0.2) is 0 Å². The van der Waals surface area contributed by atoms with Crippen LogP contribution in [-0.4, -0.2) is 34.9 Å². The maximum Gasteiger partial charge on any atom is 0.220 e. The second-order valence-corrected chi connectivity index (χ2v) is 20.1. The lowest BCUT2D eigenvalue weighted by molar-refractivity contribution is -0.123. The van der Waals surface area contributed by atoms with Gasteiger partial charge in [-0.25, -0.2) is 0 Å². The van der Waals surface area contributed by atoms with Crippen molar-refractivity contribution in [3.05, 3.63) is 12.2 Å². The molecule has 0 heterocycles. The van der Waals surface area contributed by atoms with E-state index in [0.717, 1.165) is 25.7 Å². The summed E-state index contributed by atoms with van der Waals surface area (Å²) in [4.78, 5) is 12.5. The zero-order valence-corrected chi connectivity index (χ0v) is 42.7. The number of carbonyl (C=O) groups is 1. The van der Waals surface area contributed by atoms with Gasteiger partial charge < -0.3 is 15.5 Å². The molecule has 0 aliphatic rings. The van der Waals surface area contributed by atoms with E-state index in [0.29, 0.717) is 6.42 Å². The molecule has 1 amide bonds. The van der Waals surface area contributed by atoms with Gasteiger partial charge in [-0.15, -0.1) is 0 Å². The Morgan fingerprint density at radius 2 is 0.597 bits per heavy atom. The highest BCUT2D eigenvalue weighted by molar-refractivity contribution is 5.76. The number of amides is 1. The zero-order valence-electron chi connectivity index (χ0n) is 42.7. The molecule has 0 fully saturated rings. The Hall–Kier alpha value is -0.870. The highest BCUT2D eigenvalue weighted by Gasteiger charge is 2.18. The van der Waals surface area contributed by atoms with Crippen LogP contribution in [0.2, 0.25) is 0 Å². The van der Waals surface area contributed by atoms with Crippen molar-refractivity contribution >= 4 is 5.91 Å². The summed E-state index contributed by atoms with van der Waals surface area (Å²) in [6, 6.07) is -0.618. The Bertz CT molecular complexity index is 860. The van der Waals surface area contributed by atoms with Crippen LogP contribution in [0, 0.1) is 0 Å². The number of aliphatic hydroxyl groups is 2. The molecule has 370 valence electrons. The molecule has 0 aromatic heterocycles. The van der Waals surface area contributed by atoms with E-state index >= 15 is 0 Å². The van der Waals surface area contributed by atoms with Crippen molar-refractivity contribution in [2.24, 2.45) is 0 Å². The topological polar surface area (TPSA) is 69.6 Å². The molecule has 4 heteroatoms. The smallest absolute Gasteiger partial charge is 0.220 e. The Labute approximate surface area is 390 Å². The number of allylic oxidation sites excluding steroid dienone is 1. The number of rotatable bonds is 54. The van der Waals surface area contributed by atoms with Gasteiger partial charge in [0.1, 0.15) is 0 Å². The van der Waals surface area contributed by atoms with Crippen LogP contribution in [0.1, 0.15) is 335 Å². The maximum atomic E-state index is 12.5. The van der Waals surface area contributed by atoms with E-state index in [1.807, 2.05) is 6.08 Å². The molecule has 0 rings (SSSR count). The monoisotopic (exact) mass is 874 g/mol. The van der Waals surface area contributed by atoms with Gasteiger partial charge in [0.25, 0.3) is 0 Å². The summed E-state index contributed by atoms with van der Waals surface area (Å²) in [7, 11) is 0. The quantitative estimate of drug-likeness (QED) is 0.0421. The van der Waals surface area contributed by atoms with Gasteiger partial charge in [0.2, 0.25) is 5.91 Å². The van der Waals surface area contributed by atoms with Gasteiger partial charge in [-0.3, -0.25) is 4.79 Å². The van der Waals surface area contributed by atoms with E-state index in [-0.39, 0.29) is 12.5 Å².